The molecule has 0 heterocycles. The van der Waals surface area contributed by atoms with Gasteiger partial charge in [0.05, 0.1) is 6.26 Å². The van der Waals surface area contributed by atoms with Crippen LogP contribution in [0.5, 0.6) is 0 Å². The zero-order valence-electron chi connectivity index (χ0n) is 3.52. The lowest BCUT2D eigenvalue weighted by atomic mass is 10.9. The molecule has 0 rings (SSSR count). The van der Waals surface area contributed by atoms with E-state index in [1.807, 2.05) is 0 Å². The van der Waals surface area contributed by atoms with Crippen molar-refractivity contribution in [1.82, 2.24) is 0 Å². The third kappa shape index (κ3) is 3.83. The van der Waals surface area contributed by atoms with Crippen LogP contribution in [0.3, 0.4) is 0 Å². The average Bonchev–Trinajstić information content (AvgIpc) is 1.61. The largest absolute Gasteiger partial charge is 0.494 e. The summed E-state index contributed by atoms with van der Waals surface area (Å²) in [5.74, 6) is 0. The number of hydrogen-bond donors (Lipinski definition) is 0. The van der Waals surface area contributed by atoms with Crippen LogP contribution < -0.4 is 0 Å². The summed E-state index contributed by atoms with van der Waals surface area (Å²) in [5, 5.41) is 0. The van der Waals surface area contributed by atoms with Crippen molar-refractivity contribution in [2.24, 2.45) is 0 Å². The van der Waals surface area contributed by atoms with Crippen molar-refractivity contribution in [2.75, 3.05) is 0 Å². The second kappa shape index (κ2) is 4.83. The SMILES string of the molecule is C[CH]O/C=C/Cl. The maximum absolute atomic E-state index is 5.05. The molecule has 1 nitrogen and oxygen atoms in total. The van der Waals surface area contributed by atoms with Crippen molar-refractivity contribution in [3.05, 3.63) is 18.4 Å². The lowest BCUT2D eigenvalue weighted by molar-refractivity contribution is 0.342. The van der Waals surface area contributed by atoms with Gasteiger partial charge in [0.2, 0.25) is 0 Å². The first-order chi connectivity index (χ1) is 2.91. The smallest absolute Gasteiger partial charge is 0.131 e. The van der Waals surface area contributed by atoms with Gasteiger partial charge in [-0.05, 0) is 6.92 Å². The van der Waals surface area contributed by atoms with E-state index in [-0.39, 0.29) is 0 Å². The van der Waals surface area contributed by atoms with Crippen LogP contribution in [0.4, 0.5) is 0 Å². The predicted molar refractivity (Wildman–Crippen MR) is 26.1 cm³/mol. The lowest BCUT2D eigenvalue weighted by Crippen LogP contribution is -1.64. The molecule has 0 saturated carbocycles. The Bertz CT molecular complexity index is 42.8. The van der Waals surface area contributed by atoms with Crippen molar-refractivity contribution in [1.29, 1.82) is 0 Å². The predicted octanol–water partition coefficient (Wildman–Crippen LogP) is 1.89. The Morgan fingerprint density at radius 1 is 1.67 bits per heavy atom. The highest BCUT2D eigenvalue weighted by Crippen LogP contribution is 1.81. The van der Waals surface area contributed by atoms with Crippen LogP contribution in [-0.4, -0.2) is 0 Å². The Kier molecular flexibility index (Phi) is 4.69. The molecule has 35 valence electrons. The van der Waals surface area contributed by atoms with Gasteiger partial charge < -0.3 is 4.74 Å². The van der Waals surface area contributed by atoms with Gasteiger partial charge in [0.25, 0.3) is 0 Å². The van der Waals surface area contributed by atoms with Crippen LogP contribution in [0.2, 0.25) is 0 Å². The molecule has 0 fully saturated rings. The van der Waals surface area contributed by atoms with Gasteiger partial charge in [0.1, 0.15) is 6.61 Å². The summed E-state index contributed by atoms with van der Waals surface area (Å²) >= 11 is 5.05. The van der Waals surface area contributed by atoms with Crippen molar-refractivity contribution in [3.8, 4) is 0 Å². The fraction of sp³-hybridized carbons (Fsp3) is 0.250. The summed E-state index contributed by atoms with van der Waals surface area (Å²) in [7, 11) is 0. The van der Waals surface area contributed by atoms with E-state index >= 15 is 0 Å². The van der Waals surface area contributed by atoms with E-state index < -0.39 is 0 Å². The van der Waals surface area contributed by atoms with Crippen LogP contribution in [0.15, 0.2) is 11.8 Å². The molecule has 6 heavy (non-hydrogen) atoms. The van der Waals surface area contributed by atoms with E-state index in [0.717, 1.165) is 0 Å². The van der Waals surface area contributed by atoms with E-state index in [2.05, 4.69) is 4.74 Å². The minimum atomic E-state index is 1.31. The maximum atomic E-state index is 5.05. The minimum absolute atomic E-state index is 1.31. The number of hydrogen-bond acceptors (Lipinski definition) is 1. The fourth-order valence-electron chi connectivity index (χ4n) is 0.108. The molecular formula is C4H6ClO. The van der Waals surface area contributed by atoms with Gasteiger partial charge in [0, 0.05) is 5.54 Å². The van der Waals surface area contributed by atoms with Gasteiger partial charge in [-0.25, -0.2) is 0 Å². The summed E-state index contributed by atoms with van der Waals surface area (Å²) < 4.78 is 4.55. The van der Waals surface area contributed by atoms with Crippen LogP contribution >= 0.6 is 11.6 Å². The number of halogens is 1. The number of rotatable bonds is 2. The van der Waals surface area contributed by atoms with Crippen LogP contribution in [0.1, 0.15) is 6.92 Å². The Hall–Kier alpha value is -0.170. The third-order valence-electron chi connectivity index (χ3n) is 0.266. The molecule has 0 aliphatic carbocycles. The molecule has 2 heteroatoms. The highest BCUT2D eigenvalue weighted by molar-refractivity contribution is 6.25. The van der Waals surface area contributed by atoms with E-state index in [9.17, 15) is 0 Å². The molecule has 0 saturated heterocycles. The van der Waals surface area contributed by atoms with Gasteiger partial charge >= 0.3 is 0 Å². The summed E-state index contributed by atoms with van der Waals surface area (Å²) in [6, 6.07) is 0. The Balaban J connectivity index is 2.66. The average molecular weight is 106 g/mol. The fourth-order valence-corrected chi connectivity index (χ4v) is 0.168. The van der Waals surface area contributed by atoms with Crippen molar-refractivity contribution in [2.45, 2.75) is 6.92 Å². The standard InChI is InChI=1S/C4H6ClO/c1-2-6-4-3-5/h2-4H,1H3/b4-3+. The molecule has 0 amide bonds. The van der Waals surface area contributed by atoms with E-state index in [4.69, 9.17) is 11.6 Å². The Labute approximate surface area is 42.6 Å². The van der Waals surface area contributed by atoms with Gasteiger partial charge in [-0.2, -0.15) is 0 Å². The van der Waals surface area contributed by atoms with E-state index in [1.165, 1.54) is 11.8 Å². The first kappa shape index (κ1) is 5.83. The van der Waals surface area contributed by atoms with Crippen molar-refractivity contribution < 1.29 is 4.74 Å². The third-order valence-corrected chi connectivity index (χ3v) is 0.369. The normalized spacial score (nSPS) is 9.67. The summed E-state index contributed by atoms with van der Waals surface area (Å²) in [6.45, 7) is 3.32. The maximum Gasteiger partial charge on any atom is 0.131 e. The number of ether oxygens (including phenoxy) is 1. The quantitative estimate of drug-likeness (QED) is 0.488. The molecule has 0 atom stereocenters. The van der Waals surface area contributed by atoms with Crippen LogP contribution in [0, 0.1) is 6.61 Å². The summed E-state index contributed by atoms with van der Waals surface area (Å²) in [5.41, 5.74) is 1.31. The second-order valence-corrected chi connectivity index (χ2v) is 0.886. The first-order valence-electron chi connectivity index (χ1n) is 1.60. The molecule has 0 aliphatic rings. The summed E-state index contributed by atoms with van der Waals surface area (Å²) in [6.07, 6.45) is 1.39. The molecule has 0 bridgehead atoms. The molecule has 0 unspecified atom stereocenters. The zero-order chi connectivity index (χ0) is 4.83. The molecule has 1 radical (unpaired) electrons. The van der Waals surface area contributed by atoms with E-state index in [1.54, 1.807) is 13.5 Å². The van der Waals surface area contributed by atoms with Gasteiger partial charge in [-0.1, -0.05) is 11.6 Å². The minimum Gasteiger partial charge on any atom is -0.494 e. The molecule has 0 N–H and O–H groups in total. The zero-order valence-corrected chi connectivity index (χ0v) is 4.27. The van der Waals surface area contributed by atoms with E-state index in [0.29, 0.717) is 0 Å². The molecule has 0 aromatic carbocycles. The van der Waals surface area contributed by atoms with Crippen LogP contribution in [0.25, 0.3) is 0 Å². The molecule has 0 aliphatic heterocycles. The second-order valence-electron chi connectivity index (χ2n) is 0.634. The summed E-state index contributed by atoms with van der Waals surface area (Å²) in [4.78, 5) is 0. The first-order valence-corrected chi connectivity index (χ1v) is 2.04. The lowest BCUT2D eigenvalue weighted by Gasteiger charge is -1.84. The highest BCUT2D eigenvalue weighted by atomic mass is 35.5. The monoisotopic (exact) mass is 105 g/mol. The topological polar surface area (TPSA) is 9.23 Å². The molecular weight excluding hydrogens is 99.5 g/mol. The van der Waals surface area contributed by atoms with Crippen LogP contribution in [-0.2, 0) is 4.74 Å². The Morgan fingerprint density at radius 3 is 2.50 bits per heavy atom. The van der Waals surface area contributed by atoms with Gasteiger partial charge in [-0.3, -0.25) is 0 Å². The van der Waals surface area contributed by atoms with Gasteiger partial charge in [0.15, 0.2) is 0 Å². The highest BCUT2D eigenvalue weighted by Gasteiger charge is 1.62. The van der Waals surface area contributed by atoms with Gasteiger partial charge in [-0.15, -0.1) is 0 Å². The van der Waals surface area contributed by atoms with Crippen molar-refractivity contribution in [3.63, 3.8) is 0 Å². The Morgan fingerprint density at radius 2 is 2.33 bits per heavy atom. The molecule has 0 aromatic rings. The van der Waals surface area contributed by atoms with Crippen molar-refractivity contribution >= 4 is 11.6 Å². The molecule has 0 aromatic heterocycles. The molecule has 0 spiro atoms.